The van der Waals surface area contributed by atoms with E-state index in [4.69, 9.17) is 0 Å². The van der Waals surface area contributed by atoms with Gasteiger partial charge in [0, 0.05) is 54.6 Å². The first-order chi connectivity index (χ1) is 11.9. The third kappa shape index (κ3) is 6.35. The van der Waals surface area contributed by atoms with E-state index in [1.165, 1.54) is 44.8 Å². The SMILES string of the molecule is Cc1cc(C)c(NCCNCCNc2c(C)cc(C)cc2C)c(C)c1.[Cu]. The Labute approximate surface area is 169 Å². The molecule has 0 amide bonds. The standard InChI is InChI=1S/C22H33N3.Cu/c1-15-11-17(3)21(18(4)12-15)24-9-7-23-8-10-25-22-19(5)13-16(2)14-20(22)6;/h11-14,23-25H,7-10H2,1-6H3;. The fraction of sp³-hybridized carbons (Fsp3) is 0.455. The molecule has 0 spiro atoms. The summed E-state index contributed by atoms with van der Waals surface area (Å²) in [5.41, 5.74) is 10.5. The average molecular weight is 403 g/mol. The van der Waals surface area contributed by atoms with E-state index in [-0.39, 0.29) is 17.1 Å². The molecule has 0 fully saturated rings. The van der Waals surface area contributed by atoms with Crippen LogP contribution in [-0.2, 0) is 17.1 Å². The zero-order chi connectivity index (χ0) is 18.4. The van der Waals surface area contributed by atoms with Gasteiger partial charge < -0.3 is 16.0 Å². The van der Waals surface area contributed by atoms with Crippen LogP contribution in [-0.4, -0.2) is 26.2 Å². The molecule has 2 aromatic carbocycles. The number of nitrogens with one attached hydrogen (secondary N) is 3. The van der Waals surface area contributed by atoms with Gasteiger partial charge in [-0.3, -0.25) is 0 Å². The Bertz CT molecular complexity index is 618. The summed E-state index contributed by atoms with van der Waals surface area (Å²) < 4.78 is 0. The second-order valence-electron chi connectivity index (χ2n) is 7.15. The van der Waals surface area contributed by atoms with Gasteiger partial charge in [-0.1, -0.05) is 35.4 Å². The average Bonchev–Trinajstić information content (AvgIpc) is 2.50. The fourth-order valence-electron chi connectivity index (χ4n) is 3.59. The van der Waals surface area contributed by atoms with Crippen LogP contribution in [0.5, 0.6) is 0 Å². The van der Waals surface area contributed by atoms with Crippen LogP contribution in [0, 0.1) is 41.5 Å². The molecule has 1 radical (unpaired) electrons. The predicted octanol–water partition coefficient (Wildman–Crippen LogP) is 4.65. The molecular formula is C22H33CuN3. The molecule has 0 saturated carbocycles. The second-order valence-corrected chi connectivity index (χ2v) is 7.15. The van der Waals surface area contributed by atoms with E-state index in [0.717, 1.165) is 26.2 Å². The molecule has 2 aromatic rings. The maximum Gasteiger partial charge on any atom is 0.0400 e. The molecule has 0 heterocycles. The Morgan fingerprint density at radius 3 is 1.15 bits per heavy atom. The van der Waals surface area contributed by atoms with Gasteiger partial charge in [-0.15, -0.1) is 0 Å². The molecule has 26 heavy (non-hydrogen) atoms. The van der Waals surface area contributed by atoms with Crippen molar-refractivity contribution in [3.05, 3.63) is 57.6 Å². The summed E-state index contributed by atoms with van der Waals surface area (Å²) in [5.74, 6) is 0. The van der Waals surface area contributed by atoms with Crippen LogP contribution >= 0.6 is 0 Å². The number of benzene rings is 2. The Kier molecular flexibility index (Phi) is 9.21. The van der Waals surface area contributed by atoms with E-state index in [9.17, 15) is 0 Å². The second kappa shape index (κ2) is 10.6. The van der Waals surface area contributed by atoms with E-state index < -0.39 is 0 Å². The summed E-state index contributed by atoms with van der Waals surface area (Å²) in [6.07, 6.45) is 0. The molecule has 147 valence electrons. The first-order valence-corrected chi connectivity index (χ1v) is 9.22. The third-order valence-corrected chi connectivity index (χ3v) is 4.56. The van der Waals surface area contributed by atoms with Crippen molar-refractivity contribution in [1.29, 1.82) is 0 Å². The molecule has 0 aliphatic heterocycles. The van der Waals surface area contributed by atoms with Crippen LogP contribution in [0.2, 0.25) is 0 Å². The molecule has 0 unspecified atom stereocenters. The minimum absolute atomic E-state index is 0. The Morgan fingerprint density at radius 2 is 0.846 bits per heavy atom. The predicted molar refractivity (Wildman–Crippen MR) is 111 cm³/mol. The van der Waals surface area contributed by atoms with E-state index in [0.29, 0.717) is 0 Å². The molecule has 3 nitrogen and oxygen atoms in total. The molecule has 0 bridgehead atoms. The maximum absolute atomic E-state index is 3.56. The topological polar surface area (TPSA) is 36.1 Å². The molecule has 0 atom stereocenters. The summed E-state index contributed by atoms with van der Waals surface area (Å²) in [6.45, 7) is 16.8. The smallest absolute Gasteiger partial charge is 0.0400 e. The van der Waals surface area contributed by atoms with Gasteiger partial charge in [-0.05, 0) is 63.8 Å². The number of aryl methyl sites for hydroxylation is 6. The third-order valence-electron chi connectivity index (χ3n) is 4.56. The van der Waals surface area contributed by atoms with Gasteiger partial charge in [0.2, 0.25) is 0 Å². The van der Waals surface area contributed by atoms with E-state index in [1.807, 2.05) is 0 Å². The zero-order valence-electron chi connectivity index (χ0n) is 16.9. The summed E-state index contributed by atoms with van der Waals surface area (Å²) in [5, 5.41) is 10.6. The number of hydrogen-bond donors (Lipinski definition) is 3. The normalized spacial score (nSPS) is 10.4. The molecular weight excluding hydrogens is 370 g/mol. The monoisotopic (exact) mass is 402 g/mol. The zero-order valence-corrected chi connectivity index (χ0v) is 17.9. The van der Waals surface area contributed by atoms with Gasteiger partial charge in [0.15, 0.2) is 0 Å². The van der Waals surface area contributed by atoms with Crippen molar-refractivity contribution < 1.29 is 17.1 Å². The van der Waals surface area contributed by atoms with Crippen LogP contribution in [0.4, 0.5) is 11.4 Å². The van der Waals surface area contributed by atoms with Gasteiger partial charge in [-0.2, -0.15) is 0 Å². The van der Waals surface area contributed by atoms with Gasteiger partial charge in [-0.25, -0.2) is 0 Å². The van der Waals surface area contributed by atoms with Crippen LogP contribution in [0.15, 0.2) is 24.3 Å². The van der Waals surface area contributed by atoms with Crippen molar-refractivity contribution in [2.75, 3.05) is 36.8 Å². The molecule has 0 aliphatic carbocycles. The molecule has 4 heteroatoms. The molecule has 2 rings (SSSR count). The van der Waals surface area contributed by atoms with Crippen molar-refractivity contribution in [2.24, 2.45) is 0 Å². The number of anilines is 2. The van der Waals surface area contributed by atoms with E-state index >= 15 is 0 Å². The van der Waals surface area contributed by atoms with Crippen molar-refractivity contribution in [1.82, 2.24) is 5.32 Å². The Morgan fingerprint density at radius 1 is 0.538 bits per heavy atom. The van der Waals surface area contributed by atoms with Crippen molar-refractivity contribution in [2.45, 2.75) is 41.5 Å². The molecule has 0 aliphatic rings. The number of rotatable bonds is 8. The Balaban J connectivity index is 0.00000338. The Hall–Kier alpha value is -1.48. The quantitative estimate of drug-likeness (QED) is 0.444. The molecule has 0 aromatic heterocycles. The first-order valence-electron chi connectivity index (χ1n) is 9.22. The summed E-state index contributed by atoms with van der Waals surface area (Å²) >= 11 is 0. The van der Waals surface area contributed by atoms with Crippen molar-refractivity contribution in [3.8, 4) is 0 Å². The van der Waals surface area contributed by atoms with E-state index in [2.05, 4.69) is 81.8 Å². The van der Waals surface area contributed by atoms with Crippen molar-refractivity contribution in [3.63, 3.8) is 0 Å². The van der Waals surface area contributed by atoms with Crippen LogP contribution < -0.4 is 16.0 Å². The van der Waals surface area contributed by atoms with E-state index in [1.54, 1.807) is 0 Å². The molecule has 3 N–H and O–H groups in total. The maximum atomic E-state index is 3.56. The van der Waals surface area contributed by atoms with Crippen LogP contribution in [0.3, 0.4) is 0 Å². The minimum Gasteiger partial charge on any atom is -0.383 e. The summed E-state index contributed by atoms with van der Waals surface area (Å²) in [6, 6.07) is 8.94. The summed E-state index contributed by atoms with van der Waals surface area (Å²) in [4.78, 5) is 0. The molecule has 0 saturated heterocycles. The first kappa shape index (κ1) is 22.6. The van der Waals surface area contributed by atoms with Crippen molar-refractivity contribution >= 4 is 11.4 Å². The fourth-order valence-corrected chi connectivity index (χ4v) is 3.59. The van der Waals surface area contributed by atoms with Gasteiger partial charge in [0.1, 0.15) is 0 Å². The number of hydrogen-bond acceptors (Lipinski definition) is 3. The summed E-state index contributed by atoms with van der Waals surface area (Å²) in [7, 11) is 0. The minimum atomic E-state index is 0. The van der Waals surface area contributed by atoms with Gasteiger partial charge in [0.25, 0.3) is 0 Å². The van der Waals surface area contributed by atoms with Crippen LogP contribution in [0.1, 0.15) is 33.4 Å². The van der Waals surface area contributed by atoms with Gasteiger partial charge >= 0.3 is 0 Å². The largest absolute Gasteiger partial charge is 0.383 e. The van der Waals surface area contributed by atoms with Gasteiger partial charge in [0.05, 0.1) is 0 Å². The van der Waals surface area contributed by atoms with Crippen LogP contribution in [0.25, 0.3) is 0 Å².